The maximum Gasteiger partial charge on any atom is 0.251 e. The summed E-state index contributed by atoms with van der Waals surface area (Å²) in [7, 11) is 0.822. The summed E-state index contributed by atoms with van der Waals surface area (Å²) < 4.78 is 22.2. The maximum absolute atomic E-state index is 12.1. The lowest BCUT2D eigenvalue weighted by molar-refractivity contribution is -0.144. The Kier molecular flexibility index (Phi) is 6.96. The van der Waals surface area contributed by atoms with Crippen LogP contribution in [-0.2, 0) is 25.1 Å². The molecule has 0 spiro atoms. The molecule has 0 N–H and O–H groups in total. The molecule has 1 aliphatic heterocycles. The minimum atomic E-state index is -0.906. The number of rotatable bonds is 7. The van der Waals surface area contributed by atoms with Crippen LogP contribution in [0.4, 0.5) is 0 Å². The largest absolute Gasteiger partial charge is 0.376 e. The van der Waals surface area contributed by atoms with Gasteiger partial charge in [0, 0.05) is 42.5 Å². The SMILES string of the molecule is C[C@H](OC[C@@H]1CCCO1)C(=O)N(C)[C@H](C)C[S@](C)=O. The molecule has 112 valence electrons. The lowest BCUT2D eigenvalue weighted by Gasteiger charge is -2.27. The summed E-state index contributed by atoms with van der Waals surface area (Å²) in [6.07, 6.45) is 3.35. The minimum Gasteiger partial charge on any atom is -0.376 e. The number of ether oxygens (including phenoxy) is 2. The van der Waals surface area contributed by atoms with Crippen molar-refractivity contribution in [3.8, 4) is 0 Å². The van der Waals surface area contributed by atoms with E-state index in [1.165, 1.54) is 0 Å². The molecule has 1 fully saturated rings. The monoisotopic (exact) mass is 291 g/mol. The van der Waals surface area contributed by atoms with Gasteiger partial charge in [0.2, 0.25) is 0 Å². The summed E-state index contributed by atoms with van der Waals surface area (Å²) in [5.74, 6) is 0.414. The Labute approximate surface area is 118 Å². The van der Waals surface area contributed by atoms with E-state index in [-0.39, 0.29) is 18.1 Å². The van der Waals surface area contributed by atoms with Crippen molar-refractivity contribution in [1.82, 2.24) is 4.90 Å². The molecule has 0 bridgehead atoms. The highest BCUT2D eigenvalue weighted by Gasteiger charge is 2.24. The average molecular weight is 291 g/mol. The Morgan fingerprint density at radius 2 is 2.21 bits per heavy atom. The molecule has 1 amide bonds. The predicted molar refractivity (Wildman–Crippen MR) is 75.6 cm³/mol. The van der Waals surface area contributed by atoms with Crippen LogP contribution in [0.1, 0.15) is 26.7 Å². The zero-order chi connectivity index (χ0) is 14.4. The van der Waals surface area contributed by atoms with Crippen LogP contribution >= 0.6 is 0 Å². The van der Waals surface area contributed by atoms with Crippen LogP contribution in [0.5, 0.6) is 0 Å². The first-order valence-corrected chi connectivity index (χ1v) is 8.44. The average Bonchev–Trinajstić information content (AvgIpc) is 2.86. The molecule has 6 heteroatoms. The normalized spacial score (nSPS) is 23.9. The smallest absolute Gasteiger partial charge is 0.251 e. The van der Waals surface area contributed by atoms with Crippen LogP contribution in [0.25, 0.3) is 0 Å². The van der Waals surface area contributed by atoms with Crippen LogP contribution in [0.2, 0.25) is 0 Å². The minimum absolute atomic E-state index is 0.0490. The van der Waals surface area contributed by atoms with Gasteiger partial charge in [-0.3, -0.25) is 9.00 Å². The Balaban J connectivity index is 2.35. The van der Waals surface area contributed by atoms with Gasteiger partial charge in [-0.15, -0.1) is 0 Å². The number of nitrogens with zero attached hydrogens (tertiary/aromatic N) is 1. The topological polar surface area (TPSA) is 55.8 Å². The van der Waals surface area contributed by atoms with E-state index >= 15 is 0 Å². The highest BCUT2D eigenvalue weighted by Crippen LogP contribution is 2.13. The zero-order valence-corrected chi connectivity index (χ0v) is 13.1. The fourth-order valence-electron chi connectivity index (χ4n) is 2.05. The van der Waals surface area contributed by atoms with Gasteiger partial charge in [-0.05, 0) is 26.7 Å². The first-order valence-electron chi connectivity index (χ1n) is 6.71. The van der Waals surface area contributed by atoms with Gasteiger partial charge in [-0.1, -0.05) is 0 Å². The predicted octanol–water partition coefficient (Wildman–Crippen LogP) is 0.796. The van der Waals surface area contributed by atoms with Gasteiger partial charge in [0.05, 0.1) is 12.7 Å². The van der Waals surface area contributed by atoms with Gasteiger partial charge in [-0.25, -0.2) is 0 Å². The van der Waals surface area contributed by atoms with Crippen LogP contribution in [0, 0.1) is 0 Å². The summed E-state index contributed by atoms with van der Waals surface area (Å²) in [6, 6.07) is -0.0490. The van der Waals surface area contributed by atoms with E-state index in [4.69, 9.17) is 9.47 Å². The Hall–Kier alpha value is -0.460. The molecule has 1 heterocycles. The van der Waals surface area contributed by atoms with Gasteiger partial charge in [0.1, 0.15) is 6.10 Å². The maximum atomic E-state index is 12.1. The standard InChI is InChI=1S/C13H25NO4S/c1-10(9-19(4)16)14(3)13(15)11(2)18-8-12-6-5-7-17-12/h10-12H,5-9H2,1-4H3/t10-,11+,12+,19+/m1/s1. The first-order chi connectivity index (χ1) is 8.91. The van der Waals surface area contributed by atoms with E-state index in [1.807, 2.05) is 6.92 Å². The van der Waals surface area contributed by atoms with Crippen molar-refractivity contribution in [2.75, 3.05) is 32.3 Å². The molecule has 0 aromatic carbocycles. The summed E-state index contributed by atoms with van der Waals surface area (Å²) in [6.45, 7) is 4.90. The van der Waals surface area contributed by atoms with E-state index in [2.05, 4.69) is 0 Å². The highest BCUT2D eigenvalue weighted by atomic mass is 32.2. The van der Waals surface area contributed by atoms with E-state index < -0.39 is 16.9 Å². The lowest BCUT2D eigenvalue weighted by Crippen LogP contribution is -2.44. The van der Waals surface area contributed by atoms with Crippen molar-refractivity contribution >= 4 is 16.7 Å². The molecule has 5 nitrogen and oxygen atoms in total. The quantitative estimate of drug-likeness (QED) is 0.696. The number of likely N-dealkylation sites (N-methyl/N-ethyl adjacent to an activating group) is 1. The third-order valence-corrected chi connectivity index (χ3v) is 4.34. The van der Waals surface area contributed by atoms with Gasteiger partial charge >= 0.3 is 0 Å². The number of carbonyl (C=O) groups is 1. The van der Waals surface area contributed by atoms with Crippen molar-refractivity contribution < 1.29 is 18.5 Å². The second kappa shape index (κ2) is 7.97. The molecule has 1 rings (SSSR count). The summed E-state index contributed by atoms with van der Waals surface area (Å²) in [5.41, 5.74) is 0. The van der Waals surface area contributed by atoms with Crippen LogP contribution in [0.3, 0.4) is 0 Å². The van der Waals surface area contributed by atoms with E-state index in [0.717, 1.165) is 19.4 Å². The third-order valence-electron chi connectivity index (χ3n) is 3.39. The lowest BCUT2D eigenvalue weighted by atomic mass is 10.2. The fourth-order valence-corrected chi connectivity index (χ4v) is 2.96. The first kappa shape index (κ1) is 16.6. The van der Waals surface area contributed by atoms with Crippen molar-refractivity contribution in [1.29, 1.82) is 0 Å². The number of carbonyl (C=O) groups excluding carboxylic acids is 1. The van der Waals surface area contributed by atoms with Gasteiger partial charge in [0.25, 0.3) is 5.91 Å². The van der Waals surface area contributed by atoms with E-state index in [1.54, 1.807) is 25.1 Å². The summed E-state index contributed by atoms with van der Waals surface area (Å²) in [4.78, 5) is 13.7. The van der Waals surface area contributed by atoms with Crippen molar-refractivity contribution in [2.45, 2.75) is 44.9 Å². The van der Waals surface area contributed by atoms with Crippen LogP contribution < -0.4 is 0 Å². The van der Waals surface area contributed by atoms with E-state index in [0.29, 0.717) is 12.4 Å². The number of amides is 1. The molecule has 1 aliphatic rings. The molecule has 0 aromatic rings. The molecule has 19 heavy (non-hydrogen) atoms. The van der Waals surface area contributed by atoms with Crippen LogP contribution in [0.15, 0.2) is 0 Å². The molecule has 0 aromatic heterocycles. The summed E-state index contributed by atoms with van der Waals surface area (Å²) in [5, 5.41) is 0. The molecule has 4 atom stereocenters. The molecule has 0 unspecified atom stereocenters. The Morgan fingerprint density at radius 3 is 2.74 bits per heavy atom. The molecule has 0 radical (unpaired) electrons. The third kappa shape index (κ3) is 5.58. The highest BCUT2D eigenvalue weighted by molar-refractivity contribution is 7.84. The molecule has 0 aliphatic carbocycles. The van der Waals surface area contributed by atoms with Crippen molar-refractivity contribution in [3.63, 3.8) is 0 Å². The molecule has 1 saturated heterocycles. The molecule has 0 saturated carbocycles. The Morgan fingerprint density at radius 1 is 1.53 bits per heavy atom. The zero-order valence-electron chi connectivity index (χ0n) is 12.3. The molecular weight excluding hydrogens is 266 g/mol. The summed E-state index contributed by atoms with van der Waals surface area (Å²) >= 11 is 0. The van der Waals surface area contributed by atoms with E-state index in [9.17, 15) is 9.00 Å². The van der Waals surface area contributed by atoms with Crippen LogP contribution in [-0.4, -0.2) is 65.5 Å². The second-order valence-corrected chi connectivity index (χ2v) is 6.63. The Bertz CT molecular complexity index is 318. The number of hydrogen-bond donors (Lipinski definition) is 0. The second-order valence-electron chi connectivity index (χ2n) is 5.15. The van der Waals surface area contributed by atoms with Crippen molar-refractivity contribution in [3.05, 3.63) is 0 Å². The van der Waals surface area contributed by atoms with Gasteiger partial charge in [-0.2, -0.15) is 0 Å². The molecular formula is C13H25NO4S. The fraction of sp³-hybridized carbons (Fsp3) is 0.923. The van der Waals surface area contributed by atoms with Crippen molar-refractivity contribution in [2.24, 2.45) is 0 Å². The van der Waals surface area contributed by atoms with Gasteiger partial charge in [0.15, 0.2) is 0 Å². The van der Waals surface area contributed by atoms with Gasteiger partial charge < -0.3 is 14.4 Å². The number of hydrogen-bond acceptors (Lipinski definition) is 4.